The number of halogens is 1. The molecule has 0 heterocycles. The molecule has 244 valence electrons. The molecule has 2 aliphatic rings. The first-order valence-electron chi connectivity index (χ1n) is 17.0. The maximum absolute atomic E-state index is 13.0. The maximum Gasteiger partial charge on any atom is 0.344 e. The van der Waals surface area contributed by atoms with Crippen molar-refractivity contribution in [1.82, 2.24) is 0 Å². The minimum Gasteiger partial charge on any atom is -0.481 e. The molecule has 2 saturated carbocycles. The smallest absolute Gasteiger partial charge is 0.344 e. The molecule has 0 amide bonds. The summed E-state index contributed by atoms with van der Waals surface area (Å²) in [5, 5.41) is 3.48. The van der Waals surface area contributed by atoms with Crippen LogP contribution in [-0.4, -0.2) is 37.4 Å². The minimum absolute atomic E-state index is 0.180. The average molecular weight is 637 g/mol. The number of fused-ring (bicyclic) bond motifs is 2. The van der Waals surface area contributed by atoms with Crippen molar-refractivity contribution in [1.29, 1.82) is 0 Å². The fourth-order valence-corrected chi connectivity index (χ4v) is 7.60. The zero-order valence-corrected chi connectivity index (χ0v) is 28.1. The van der Waals surface area contributed by atoms with E-state index in [4.69, 9.17) is 30.5 Å². The van der Waals surface area contributed by atoms with Crippen LogP contribution in [0.4, 0.5) is 0 Å². The van der Waals surface area contributed by atoms with Gasteiger partial charge in [0.15, 0.2) is 13.2 Å². The van der Waals surface area contributed by atoms with E-state index < -0.39 is 11.9 Å². The van der Waals surface area contributed by atoms with E-state index in [0.717, 1.165) is 16.2 Å². The van der Waals surface area contributed by atoms with Crippen molar-refractivity contribution < 1.29 is 28.5 Å². The molecule has 2 fully saturated rings. The zero-order chi connectivity index (χ0) is 31.9. The van der Waals surface area contributed by atoms with Gasteiger partial charge in [0.25, 0.3) is 0 Å². The molecular weight excluding hydrogens is 588 g/mol. The van der Waals surface area contributed by atoms with E-state index in [0.29, 0.717) is 45.6 Å². The molecule has 45 heavy (non-hydrogen) atoms. The quantitative estimate of drug-likeness (QED) is 0.146. The summed E-state index contributed by atoms with van der Waals surface area (Å²) in [6.45, 7) is 7.90. The van der Waals surface area contributed by atoms with E-state index in [-0.39, 0.29) is 25.4 Å². The predicted octanol–water partition coefficient (Wildman–Crippen LogP) is 9.70. The van der Waals surface area contributed by atoms with Gasteiger partial charge in [0.05, 0.1) is 0 Å². The summed E-state index contributed by atoms with van der Waals surface area (Å²) in [7, 11) is 0. The van der Waals surface area contributed by atoms with Gasteiger partial charge in [0, 0.05) is 26.6 Å². The highest BCUT2D eigenvalue weighted by molar-refractivity contribution is 6.31. The van der Waals surface area contributed by atoms with Gasteiger partial charge in [-0.3, -0.25) is 0 Å². The van der Waals surface area contributed by atoms with E-state index in [1.165, 1.54) is 64.2 Å². The van der Waals surface area contributed by atoms with Crippen molar-refractivity contribution in [3.05, 3.63) is 47.5 Å². The number of benzene rings is 3. The lowest BCUT2D eigenvalue weighted by molar-refractivity contribution is -0.155. The van der Waals surface area contributed by atoms with Gasteiger partial charge in [-0.05, 0) is 55.7 Å². The number of hydrogen-bond acceptors (Lipinski definition) is 6. The number of rotatable bonds is 12. The lowest BCUT2D eigenvalue weighted by Crippen LogP contribution is -2.31. The molecule has 2 aliphatic carbocycles. The van der Waals surface area contributed by atoms with Gasteiger partial charge in [-0.15, -0.1) is 0 Å². The first kappa shape index (κ1) is 33.4. The normalized spacial score (nSPS) is 19.0. The van der Waals surface area contributed by atoms with Crippen molar-refractivity contribution in [2.75, 3.05) is 13.2 Å². The predicted molar refractivity (Wildman–Crippen MR) is 180 cm³/mol. The molecule has 0 aromatic heterocycles. The third-order valence-corrected chi connectivity index (χ3v) is 10.7. The summed E-state index contributed by atoms with van der Waals surface area (Å²) in [5.74, 6) is 2.07. The van der Waals surface area contributed by atoms with Crippen LogP contribution in [0, 0.1) is 23.7 Å². The highest BCUT2D eigenvalue weighted by Crippen LogP contribution is 2.44. The second-order valence-corrected chi connectivity index (χ2v) is 13.8. The minimum atomic E-state index is -0.399. The Bertz CT molecular complexity index is 1460. The van der Waals surface area contributed by atoms with Crippen LogP contribution in [0.25, 0.3) is 21.5 Å². The monoisotopic (exact) mass is 636 g/mol. The third-order valence-electron chi connectivity index (χ3n) is 10.5. The maximum atomic E-state index is 13.0. The SMILES string of the molecule is CC(OC(=O)COc1c2ccccc2c(OCC(=O)OC(C)C(C)C2CCCCC2)c2cc(Cl)ccc12)C(C)C1CCCCC1. The van der Waals surface area contributed by atoms with Crippen LogP contribution >= 0.6 is 11.6 Å². The van der Waals surface area contributed by atoms with Gasteiger partial charge in [-0.2, -0.15) is 0 Å². The standard InChI is InChI=1S/C38H49ClO6/c1-24(28-13-7-5-8-14-28)26(3)44-35(40)22-42-37-31-17-11-12-18-32(31)38(34-21-30(39)19-20-33(34)37)43-23-36(41)45-27(4)25(2)29-15-9-6-10-16-29/h11-12,17-21,24-29H,5-10,13-16,22-23H2,1-4H3. The van der Waals surface area contributed by atoms with Crippen LogP contribution in [0.15, 0.2) is 42.5 Å². The van der Waals surface area contributed by atoms with Crippen LogP contribution in [0.2, 0.25) is 5.02 Å². The molecule has 3 aromatic rings. The highest BCUT2D eigenvalue weighted by atomic mass is 35.5. The number of carbonyl (C=O) groups excluding carboxylic acids is 2. The highest BCUT2D eigenvalue weighted by Gasteiger charge is 2.29. The summed E-state index contributed by atoms with van der Waals surface area (Å²) in [5.41, 5.74) is 0. The second kappa shape index (κ2) is 15.5. The molecule has 5 rings (SSSR count). The van der Waals surface area contributed by atoms with Crippen LogP contribution in [0.5, 0.6) is 11.5 Å². The van der Waals surface area contributed by atoms with E-state index in [1.807, 2.05) is 44.2 Å². The van der Waals surface area contributed by atoms with Crippen LogP contribution in [-0.2, 0) is 19.1 Å². The molecular formula is C38H49ClO6. The Morgan fingerprint density at radius 3 is 1.53 bits per heavy atom. The van der Waals surface area contributed by atoms with E-state index in [9.17, 15) is 9.59 Å². The summed E-state index contributed by atoms with van der Waals surface area (Å²) in [6, 6.07) is 13.1. The zero-order valence-electron chi connectivity index (χ0n) is 27.3. The molecule has 0 aliphatic heterocycles. The lowest BCUT2D eigenvalue weighted by atomic mass is 9.79. The summed E-state index contributed by atoms with van der Waals surface area (Å²) in [4.78, 5) is 26.0. The van der Waals surface area contributed by atoms with Crippen molar-refractivity contribution in [3.8, 4) is 11.5 Å². The molecule has 4 atom stereocenters. The largest absolute Gasteiger partial charge is 0.481 e. The molecule has 3 aromatic carbocycles. The Morgan fingerprint density at radius 1 is 0.644 bits per heavy atom. The molecule has 0 bridgehead atoms. The Morgan fingerprint density at radius 2 is 1.07 bits per heavy atom. The topological polar surface area (TPSA) is 71.1 Å². The molecule has 0 radical (unpaired) electrons. The van der Waals surface area contributed by atoms with Gasteiger partial charge < -0.3 is 18.9 Å². The fourth-order valence-electron chi connectivity index (χ4n) is 7.43. The van der Waals surface area contributed by atoms with Gasteiger partial charge >= 0.3 is 11.9 Å². The van der Waals surface area contributed by atoms with Gasteiger partial charge in [-0.25, -0.2) is 9.59 Å². The van der Waals surface area contributed by atoms with Crippen LogP contribution < -0.4 is 9.47 Å². The van der Waals surface area contributed by atoms with Crippen molar-refractivity contribution in [3.63, 3.8) is 0 Å². The Hall–Kier alpha value is -2.99. The molecule has 4 unspecified atom stereocenters. The Kier molecular flexibility index (Phi) is 11.5. The van der Waals surface area contributed by atoms with Crippen molar-refractivity contribution in [2.24, 2.45) is 23.7 Å². The fraction of sp³-hybridized carbons (Fsp3) is 0.579. The summed E-state index contributed by atoms with van der Waals surface area (Å²) >= 11 is 6.45. The Balaban J connectivity index is 1.30. The lowest BCUT2D eigenvalue weighted by Gasteiger charge is -2.31. The van der Waals surface area contributed by atoms with Crippen LogP contribution in [0.3, 0.4) is 0 Å². The summed E-state index contributed by atoms with van der Waals surface area (Å²) in [6.07, 6.45) is 12.0. The van der Waals surface area contributed by atoms with E-state index in [1.54, 1.807) is 12.1 Å². The number of carbonyl (C=O) groups is 2. The molecule has 7 heteroatoms. The third kappa shape index (κ3) is 8.24. The summed E-state index contributed by atoms with van der Waals surface area (Å²) < 4.78 is 24.1. The second-order valence-electron chi connectivity index (χ2n) is 13.4. The molecule has 0 N–H and O–H groups in total. The Labute approximate surface area is 273 Å². The van der Waals surface area contributed by atoms with Crippen molar-refractivity contribution in [2.45, 2.75) is 104 Å². The van der Waals surface area contributed by atoms with Crippen LogP contribution in [0.1, 0.15) is 91.9 Å². The van der Waals surface area contributed by atoms with Crippen molar-refractivity contribution >= 4 is 45.1 Å². The van der Waals surface area contributed by atoms with E-state index >= 15 is 0 Å². The first-order chi connectivity index (χ1) is 21.7. The number of hydrogen-bond donors (Lipinski definition) is 0. The van der Waals surface area contributed by atoms with Gasteiger partial charge in [-0.1, -0.05) is 114 Å². The number of esters is 2. The average Bonchev–Trinajstić information content (AvgIpc) is 3.06. The van der Waals surface area contributed by atoms with Gasteiger partial charge in [0.1, 0.15) is 23.7 Å². The van der Waals surface area contributed by atoms with Gasteiger partial charge in [0.2, 0.25) is 0 Å². The number of ether oxygens (including phenoxy) is 4. The first-order valence-corrected chi connectivity index (χ1v) is 17.4. The van der Waals surface area contributed by atoms with E-state index in [2.05, 4.69) is 13.8 Å². The molecule has 0 spiro atoms. The molecule has 0 saturated heterocycles. The molecule has 6 nitrogen and oxygen atoms in total.